The van der Waals surface area contributed by atoms with Crippen molar-refractivity contribution < 1.29 is 28.5 Å². The number of para-hydroxylation sites is 1. The number of ether oxygens (including phenoxy) is 4. The number of nitrogens with zero attached hydrogens (tertiary/aromatic N) is 2. The highest BCUT2D eigenvalue weighted by Gasteiger charge is 2.28. The Kier molecular flexibility index (Phi) is 9.87. The molecular formula is C30H40N2O6. The SMILES string of the molecule is COCCN1CCCCCN(C(=O)Cc2ccc3c(c2)OCO3)[C@@H](CC(C)C)COc2ccccc2C1=O. The minimum absolute atomic E-state index is 0.0481. The molecule has 2 aromatic carbocycles. The van der Waals surface area contributed by atoms with Crippen LogP contribution in [0.15, 0.2) is 42.5 Å². The first-order valence-corrected chi connectivity index (χ1v) is 13.6. The van der Waals surface area contributed by atoms with Gasteiger partial charge in [0, 0.05) is 26.7 Å². The number of carbonyl (C=O) groups is 2. The predicted octanol–water partition coefficient (Wildman–Crippen LogP) is 4.55. The molecule has 0 aromatic heterocycles. The zero-order valence-corrected chi connectivity index (χ0v) is 22.8. The number of methoxy groups -OCH3 is 1. The fourth-order valence-corrected chi connectivity index (χ4v) is 5.07. The van der Waals surface area contributed by atoms with Crippen molar-refractivity contribution in [2.45, 2.75) is 52.0 Å². The highest BCUT2D eigenvalue weighted by molar-refractivity contribution is 5.97. The fourth-order valence-electron chi connectivity index (χ4n) is 5.07. The summed E-state index contributed by atoms with van der Waals surface area (Å²) >= 11 is 0. The van der Waals surface area contributed by atoms with Crippen LogP contribution in [-0.4, -0.2) is 74.4 Å². The van der Waals surface area contributed by atoms with Crippen LogP contribution >= 0.6 is 0 Å². The Labute approximate surface area is 225 Å². The minimum Gasteiger partial charge on any atom is -0.491 e. The van der Waals surface area contributed by atoms with E-state index in [0.717, 1.165) is 31.2 Å². The molecule has 38 heavy (non-hydrogen) atoms. The van der Waals surface area contributed by atoms with E-state index in [2.05, 4.69) is 13.8 Å². The molecule has 206 valence electrons. The maximum absolute atomic E-state index is 13.7. The number of amides is 2. The second-order valence-corrected chi connectivity index (χ2v) is 10.4. The summed E-state index contributed by atoms with van der Waals surface area (Å²) in [6, 6.07) is 13.0. The fraction of sp³-hybridized carbons (Fsp3) is 0.533. The molecule has 0 spiro atoms. The van der Waals surface area contributed by atoms with Gasteiger partial charge in [-0.2, -0.15) is 0 Å². The first kappa shape index (κ1) is 27.8. The summed E-state index contributed by atoms with van der Waals surface area (Å²) in [5, 5.41) is 0. The lowest BCUT2D eigenvalue weighted by molar-refractivity contribution is -0.134. The third kappa shape index (κ3) is 7.19. The van der Waals surface area contributed by atoms with Gasteiger partial charge in [-0.1, -0.05) is 32.0 Å². The molecule has 8 heteroatoms. The molecule has 0 radical (unpaired) electrons. The van der Waals surface area contributed by atoms with Gasteiger partial charge < -0.3 is 28.7 Å². The summed E-state index contributed by atoms with van der Waals surface area (Å²) in [4.78, 5) is 31.0. The van der Waals surface area contributed by atoms with Gasteiger partial charge in [-0.3, -0.25) is 9.59 Å². The van der Waals surface area contributed by atoms with Crippen LogP contribution in [0, 0.1) is 5.92 Å². The Hall–Kier alpha value is -3.26. The van der Waals surface area contributed by atoms with E-state index in [9.17, 15) is 9.59 Å². The molecule has 0 unspecified atom stereocenters. The van der Waals surface area contributed by atoms with E-state index in [1.165, 1.54) is 0 Å². The van der Waals surface area contributed by atoms with Gasteiger partial charge >= 0.3 is 0 Å². The van der Waals surface area contributed by atoms with Crippen molar-refractivity contribution in [2.75, 3.05) is 46.8 Å². The number of hydrogen-bond acceptors (Lipinski definition) is 6. The van der Waals surface area contributed by atoms with Gasteiger partial charge in [0.05, 0.1) is 24.6 Å². The zero-order valence-electron chi connectivity index (χ0n) is 22.8. The van der Waals surface area contributed by atoms with Crippen molar-refractivity contribution in [1.29, 1.82) is 0 Å². The highest BCUT2D eigenvalue weighted by atomic mass is 16.7. The lowest BCUT2D eigenvalue weighted by atomic mass is 10.0. The van der Waals surface area contributed by atoms with E-state index >= 15 is 0 Å². The maximum Gasteiger partial charge on any atom is 0.257 e. The van der Waals surface area contributed by atoms with Crippen LogP contribution in [0.2, 0.25) is 0 Å². The van der Waals surface area contributed by atoms with Gasteiger partial charge in [-0.25, -0.2) is 0 Å². The summed E-state index contributed by atoms with van der Waals surface area (Å²) in [6.45, 7) is 7.15. The number of benzene rings is 2. The Morgan fingerprint density at radius 3 is 2.61 bits per heavy atom. The molecule has 0 fully saturated rings. The summed E-state index contributed by atoms with van der Waals surface area (Å²) in [7, 11) is 1.65. The first-order valence-electron chi connectivity index (χ1n) is 13.6. The maximum atomic E-state index is 13.7. The van der Waals surface area contributed by atoms with Crippen LogP contribution in [-0.2, 0) is 16.0 Å². The molecular weight excluding hydrogens is 484 g/mol. The van der Waals surface area contributed by atoms with Crippen LogP contribution in [0.1, 0.15) is 55.5 Å². The summed E-state index contributed by atoms with van der Waals surface area (Å²) in [6.07, 6.45) is 3.73. The van der Waals surface area contributed by atoms with Gasteiger partial charge in [0.15, 0.2) is 11.5 Å². The molecule has 0 N–H and O–H groups in total. The molecule has 0 aliphatic carbocycles. The molecule has 2 heterocycles. The van der Waals surface area contributed by atoms with Crippen molar-refractivity contribution >= 4 is 11.8 Å². The van der Waals surface area contributed by atoms with E-state index in [0.29, 0.717) is 61.6 Å². The number of hydrogen-bond donors (Lipinski definition) is 0. The molecule has 8 nitrogen and oxygen atoms in total. The molecule has 1 atom stereocenters. The van der Waals surface area contributed by atoms with Crippen molar-refractivity contribution in [2.24, 2.45) is 5.92 Å². The smallest absolute Gasteiger partial charge is 0.257 e. The lowest BCUT2D eigenvalue weighted by Gasteiger charge is -2.33. The molecule has 2 aromatic rings. The third-order valence-corrected chi connectivity index (χ3v) is 7.03. The predicted molar refractivity (Wildman–Crippen MR) is 145 cm³/mol. The van der Waals surface area contributed by atoms with E-state index in [1.807, 2.05) is 52.3 Å². The second-order valence-electron chi connectivity index (χ2n) is 10.4. The average molecular weight is 525 g/mol. The minimum atomic E-state index is -0.106. The second kappa shape index (κ2) is 13.5. The molecule has 4 rings (SSSR count). The summed E-state index contributed by atoms with van der Waals surface area (Å²) in [5.74, 6) is 2.34. The lowest BCUT2D eigenvalue weighted by Crippen LogP contribution is -2.45. The van der Waals surface area contributed by atoms with Crippen LogP contribution in [0.4, 0.5) is 0 Å². The largest absolute Gasteiger partial charge is 0.491 e. The number of rotatable bonds is 7. The normalized spacial score (nSPS) is 18.3. The first-order chi connectivity index (χ1) is 18.5. The average Bonchev–Trinajstić information content (AvgIpc) is 3.38. The Morgan fingerprint density at radius 1 is 1.00 bits per heavy atom. The monoisotopic (exact) mass is 524 g/mol. The molecule has 2 aliphatic rings. The molecule has 2 amide bonds. The highest BCUT2D eigenvalue weighted by Crippen LogP contribution is 2.33. The van der Waals surface area contributed by atoms with Crippen molar-refractivity contribution in [1.82, 2.24) is 9.80 Å². The van der Waals surface area contributed by atoms with Gasteiger partial charge in [-0.05, 0) is 61.4 Å². The van der Waals surface area contributed by atoms with E-state index in [1.54, 1.807) is 7.11 Å². The van der Waals surface area contributed by atoms with Gasteiger partial charge in [0.1, 0.15) is 12.4 Å². The van der Waals surface area contributed by atoms with Gasteiger partial charge in [-0.15, -0.1) is 0 Å². The molecule has 0 bridgehead atoms. The number of fused-ring (bicyclic) bond motifs is 2. The quantitative estimate of drug-likeness (QED) is 0.529. The Balaban J connectivity index is 1.57. The molecule has 2 aliphatic heterocycles. The van der Waals surface area contributed by atoms with Gasteiger partial charge in [0.2, 0.25) is 12.7 Å². The standard InChI is InChI=1S/C30H40N2O6/c1-22(2)17-24-20-36-26-10-6-5-9-25(26)30(34)31(15-16-35-3)13-7-4-8-14-32(24)29(33)19-23-11-12-27-28(18-23)38-21-37-27/h5-6,9-12,18,22,24H,4,7-8,13-17,19-21H2,1-3H3/t24-/m0/s1. The summed E-state index contributed by atoms with van der Waals surface area (Å²) in [5.41, 5.74) is 1.44. The van der Waals surface area contributed by atoms with Crippen molar-refractivity contribution in [3.8, 4) is 17.2 Å². The van der Waals surface area contributed by atoms with Crippen LogP contribution in [0.3, 0.4) is 0 Å². The number of carbonyl (C=O) groups excluding carboxylic acids is 2. The van der Waals surface area contributed by atoms with E-state index < -0.39 is 0 Å². The van der Waals surface area contributed by atoms with Crippen LogP contribution < -0.4 is 14.2 Å². The van der Waals surface area contributed by atoms with E-state index in [4.69, 9.17) is 18.9 Å². The Bertz CT molecular complexity index is 1090. The summed E-state index contributed by atoms with van der Waals surface area (Å²) < 4.78 is 22.5. The molecule has 0 saturated carbocycles. The van der Waals surface area contributed by atoms with Gasteiger partial charge in [0.25, 0.3) is 5.91 Å². The van der Waals surface area contributed by atoms with Crippen molar-refractivity contribution in [3.05, 3.63) is 53.6 Å². The topological polar surface area (TPSA) is 77.5 Å². The van der Waals surface area contributed by atoms with Crippen LogP contribution in [0.25, 0.3) is 0 Å². The zero-order chi connectivity index (χ0) is 26.9. The van der Waals surface area contributed by atoms with E-state index in [-0.39, 0.29) is 31.1 Å². The van der Waals surface area contributed by atoms with Crippen molar-refractivity contribution in [3.63, 3.8) is 0 Å². The molecule has 0 saturated heterocycles. The van der Waals surface area contributed by atoms with Crippen LogP contribution in [0.5, 0.6) is 17.2 Å². The third-order valence-electron chi connectivity index (χ3n) is 7.03. The Morgan fingerprint density at radius 2 is 1.79 bits per heavy atom.